The van der Waals surface area contributed by atoms with Gasteiger partial charge in [0.05, 0.1) is 0 Å². The van der Waals surface area contributed by atoms with Crippen LogP contribution in [-0.2, 0) is 0 Å². The molecule has 94 valence electrons. The van der Waals surface area contributed by atoms with E-state index in [1.54, 1.807) is 12.5 Å². The van der Waals surface area contributed by atoms with Crippen LogP contribution in [0, 0.1) is 6.92 Å². The van der Waals surface area contributed by atoms with E-state index in [2.05, 4.69) is 39.6 Å². The third kappa shape index (κ3) is 2.60. The predicted molar refractivity (Wildman–Crippen MR) is 73.6 cm³/mol. The number of hydrogen-bond acceptors (Lipinski definition) is 4. The number of benzene rings is 1. The molecule has 1 N–H and O–H groups in total. The average molecular weight is 251 g/mol. The van der Waals surface area contributed by atoms with Gasteiger partial charge in [-0.2, -0.15) is 0 Å². The summed E-state index contributed by atoms with van der Waals surface area (Å²) in [5.74, 6) is 1.46. The molecule has 0 radical (unpaired) electrons. The van der Waals surface area contributed by atoms with Crippen molar-refractivity contribution >= 4 is 11.5 Å². The van der Waals surface area contributed by atoms with Gasteiger partial charge in [-0.25, -0.2) is 4.98 Å². The molecular formula is C14H13N5. The Morgan fingerprint density at radius 1 is 1.11 bits per heavy atom. The van der Waals surface area contributed by atoms with Crippen molar-refractivity contribution in [1.82, 2.24) is 19.7 Å². The normalized spacial score (nSPS) is 10.4. The highest BCUT2D eigenvalue weighted by atomic mass is 15.2. The fourth-order valence-electron chi connectivity index (χ4n) is 1.79. The van der Waals surface area contributed by atoms with Crippen molar-refractivity contribution in [3.8, 4) is 5.82 Å². The van der Waals surface area contributed by atoms with E-state index in [1.165, 1.54) is 5.56 Å². The van der Waals surface area contributed by atoms with E-state index in [0.717, 1.165) is 17.3 Å². The summed E-state index contributed by atoms with van der Waals surface area (Å²) in [5.41, 5.74) is 2.21. The zero-order valence-electron chi connectivity index (χ0n) is 10.5. The minimum atomic E-state index is 0.717. The van der Waals surface area contributed by atoms with Crippen LogP contribution in [0.5, 0.6) is 0 Å². The molecule has 1 aromatic carbocycles. The van der Waals surface area contributed by atoms with Crippen molar-refractivity contribution in [3.63, 3.8) is 0 Å². The molecule has 0 atom stereocenters. The highest BCUT2D eigenvalue weighted by Gasteiger charge is 2.00. The van der Waals surface area contributed by atoms with E-state index in [4.69, 9.17) is 0 Å². The third-order valence-corrected chi connectivity index (χ3v) is 2.71. The molecule has 0 amide bonds. The van der Waals surface area contributed by atoms with Crippen LogP contribution in [0.2, 0.25) is 0 Å². The second-order valence-corrected chi connectivity index (χ2v) is 4.24. The van der Waals surface area contributed by atoms with Crippen LogP contribution in [0.3, 0.4) is 0 Å². The van der Waals surface area contributed by atoms with Gasteiger partial charge in [0, 0.05) is 18.1 Å². The summed E-state index contributed by atoms with van der Waals surface area (Å²) in [4.78, 5) is 3.98. The first-order chi connectivity index (χ1) is 9.31. The standard InChI is InChI=1S/C14H13N5/c1-11-3-2-4-12(9-11)16-13-5-6-14(18-17-13)19-8-7-15-10-19/h2-10H,1H3,(H,16,17). The molecule has 0 saturated carbocycles. The molecule has 0 aliphatic rings. The Labute approximate surface area is 111 Å². The van der Waals surface area contributed by atoms with Crippen LogP contribution in [0.4, 0.5) is 11.5 Å². The van der Waals surface area contributed by atoms with Gasteiger partial charge in [-0.1, -0.05) is 12.1 Å². The van der Waals surface area contributed by atoms with Gasteiger partial charge in [-0.05, 0) is 36.8 Å². The lowest BCUT2D eigenvalue weighted by molar-refractivity contribution is 0.916. The quantitative estimate of drug-likeness (QED) is 0.777. The Morgan fingerprint density at radius 2 is 2.05 bits per heavy atom. The Hall–Kier alpha value is -2.69. The number of rotatable bonds is 3. The minimum absolute atomic E-state index is 0.717. The van der Waals surface area contributed by atoms with Crippen LogP contribution < -0.4 is 5.32 Å². The molecule has 0 fully saturated rings. The highest BCUT2D eigenvalue weighted by molar-refractivity contribution is 5.56. The van der Waals surface area contributed by atoms with Gasteiger partial charge in [-0.3, -0.25) is 4.57 Å². The monoisotopic (exact) mass is 251 g/mol. The number of aromatic nitrogens is 4. The molecule has 0 bridgehead atoms. The van der Waals surface area contributed by atoms with Crippen molar-refractivity contribution in [2.24, 2.45) is 0 Å². The lowest BCUT2D eigenvalue weighted by Crippen LogP contribution is -2.00. The molecule has 19 heavy (non-hydrogen) atoms. The second kappa shape index (κ2) is 4.89. The molecule has 2 heterocycles. The first-order valence-corrected chi connectivity index (χ1v) is 5.97. The van der Waals surface area contributed by atoms with Crippen LogP contribution in [0.1, 0.15) is 5.56 Å². The maximum absolute atomic E-state index is 4.15. The van der Waals surface area contributed by atoms with Gasteiger partial charge in [0.15, 0.2) is 11.6 Å². The fourth-order valence-corrected chi connectivity index (χ4v) is 1.79. The maximum atomic E-state index is 4.15. The number of nitrogens with one attached hydrogen (secondary N) is 1. The summed E-state index contributed by atoms with van der Waals surface area (Å²) >= 11 is 0. The molecule has 5 nitrogen and oxygen atoms in total. The first-order valence-electron chi connectivity index (χ1n) is 5.97. The average Bonchev–Trinajstić information content (AvgIpc) is 2.94. The van der Waals surface area contributed by atoms with Gasteiger partial charge in [0.25, 0.3) is 0 Å². The van der Waals surface area contributed by atoms with Gasteiger partial charge in [0.2, 0.25) is 0 Å². The predicted octanol–water partition coefficient (Wildman–Crippen LogP) is 2.71. The zero-order valence-corrected chi connectivity index (χ0v) is 10.5. The second-order valence-electron chi connectivity index (χ2n) is 4.24. The SMILES string of the molecule is Cc1cccc(Nc2ccc(-n3ccnc3)nn2)c1. The Kier molecular flexibility index (Phi) is 2.94. The largest absolute Gasteiger partial charge is 0.339 e. The minimum Gasteiger partial charge on any atom is -0.339 e. The molecule has 0 aliphatic carbocycles. The van der Waals surface area contributed by atoms with E-state index in [-0.39, 0.29) is 0 Å². The number of nitrogens with zero attached hydrogens (tertiary/aromatic N) is 4. The number of aryl methyl sites for hydroxylation is 1. The Morgan fingerprint density at radius 3 is 2.74 bits per heavy atom. The third-order valence-electron chi connectivity index (χ3n) is 2.71. The van der Waals surface area contributed by atoms with Crippen LogP contribution in [-0.4, -0.2) is 19.7 Å². The molecule has 0 unspecified atom stereocenters. The molecule has 3 aromatic rings. The van der Waals surface area contributed by atoms with Crippen LogP contribution >= 0.6 is 0 Å². The van der Waals surface area contributed by atoms with Crippen molar-refractivity contribution in [1.29, 1.82) is 0 Å². The Balaban J connectivity index is 1.80. The van der Waals surface area contributed by atoms with Crippen molar-refractivity contribution < 1.29 is 0 Å². The highest BCUT2D eigenvalue weighted by Crippen LogP contribution is 2.15. The summed E-state index contributed by atoms with van der Waals surface area (Å²) in [6.07, 6.45) is 5.23. The van der Waals surface area contributed by atoms with Gasteiger partial charge in [0.1, 0.15) is 6.33 Å². The Bertz CT molecular complexity index is 659. The lowest BCUT2D eigenvalue weighted by atomic mass is 10.2. The van der Waals surface area contributed by atoms with E-state index in [9.17, 15) is 0 Å². The van der Waals surface area contributed by atoms with Crippen molar-refractivity contribution in [2.75, 3.05) is 5.32 Å². The number of anilines is 2. The van der Waals surface area contributed by atoms with Gasteiger partial charge >= 0.3 is 0 Å². The topological polar surface area (TPSA) is 55.6 Å². The van der Waals surface area contributed by atoms with E-state index in [1.807, 2.05) is 35.0 Å². The summed E-state index contributed by atoms with van der Waals surface area (Å²) in [6.45, 7) is 2.05. The molecule has 0 aliphatic heterocycles. The molecule has 0 saturated heterocycles. The van der Waals surface area contributed by atoms with E-state index < -0.39 is 0 Å². The molecule has 0 spiro atoms. The van der Waals surface area contributed by atoms with Crippen molar-refractivity contribution in [3.05, 3.63) is 60.7 Å². The van der Waals surface area contributed by atoms with Crippen LogP contribution in [0.25, 0.3) is 5.82 Å². The molecule has 2 aromatic heterocycles. The zero-order chi connectivity index (χ0) is 13.1. The summed E-state index contributed by atoms with van der Waals surface area (Å²) in [5, 5.41) is 11.5. The van der Waals surface area contributed by atoms with Gasteiger partial charge < -0.3 is 5.32 Å². The van der Waals surface area contributed by atoms with E-state index >= 15 is 0 Å². The van der Waals surface area contributed by atoms with Crippen molar-refractivity contribution in [2.45, 2.75) is 6.92 Å². The fraction of sp³-hybridized carbons (Fsp3) is 0.0714. The van der Waals surface area contributed by atoms with Crippen LogP contribution in [0.15, 0.2) is 55.1 Å². The first kappa shape index (κ1) is 11.4. The summed E-state index contributed by atoms with van der Waals surface area (Å²) in [7, 11) is 0. The maximum Gasteiger partial charge on any atom is 0.160 e. The number of hydrogen-bond donors (Lipinski definition) is 1. The molecule has 5 heteroatoms. The van der Waals surface area contributed by atoms with Gasteiger partial charge in [-0.15, -0.1) is 10.2 Å². The molecule has 3 rings (SSSR count). The molecular weight excluding hydrogens is 238 g/mol. The van der Waals surface area contributed by atoms with E-state index in [0.29, 0.717) is 0 Å². The lowest BCUT2D eigenvalue weighted by Gasteiger charge is -2.06. The smallest absolute Gasteiger partial charge is 0.160 e. The number of imidazole rings is 1. The summed E-state index contributed by atoms with van der Waals surface area (Å²) < 4.78 is 1.81. The summed E-state index contributed by atoms with van der Waals surface area (Å²) in [6, 6.07) is 11.9.